The Balaban J connectivity index is 1.38. The lowest BCUT2D eigenvalue weighted by atomic mass is 9.61. The molecule has 0 spiro atoms. The van der Waals surface area contributed by atoms with Crippen LogP contribution in [0.2, 0.25) is 0 Å². The number of hydrogen-bond acceptors (Lipinski definition) is 2. The van der Waals surface area contributed by atoms with Gasteiger partial charge in [0.2, 0.25) is 0 Å². The average Bonchev–Trinajstić information content (AvgIpc) is 3.25. The van der Waals surface area contributed by atoms with Gasteiger partial charge < -0.3 is 4.74 Å². The number of fused-ring (bicyclic) bond motifs is 1. The van der Waals surface area contributed by atoms with Gasteiger partial charge >= 0.3 is 0 Å². The Kier molecular flexibility index (Phi) is 12.2. The lowest BCUT2D eigenvalue weighted by Gasteiger charge is -2.49. The average molecular weight is 789 g/mol. The first-order valence-electron chi connectivity index (χ1n) is 16.9. The third-order valence-electron chi connectivity index (χ3n) is 11.2. The van der Waals surface area contributed by atoms with Crippen molar-refractivity contribution in [1.29, 1.82) is 0 Å². The molecule has 4 heteroatoms. The zero-order valence-corrected chi connectivity index (χ0v) is 30.2. The van der Waals surface area contributed by atoms with Crippen molar-refractivity contribution in [2.75, 3.05) is 0 Å². The van der Waals surface area contributed by atoms with Crippen LogP contribution in [0, 0.1) is 17.8 Å². The standard InChI is InChI=1S/C36H54I2OS/c1-27-26-28(35(38)24-16-10-8-6-4-2-3-5-7-9-11-17-25-35)22-23-30(27)36(32-20-14-15-21-33(32)37)31-19-13-12-18-29(31)34(40)39-36/h12-15,18,28,31-34,40H,2-11,16-17,19-26H2,1H3/t28?,31-,32+,33-,34?,36?/m1/s1. The van der Waals surface area contributed by atoms with Crippen LogP contribution in [-0.2, 0) is 4.74 Å². The molecule has 0 amide bonds. The minimum Gasteiger partial charge on any atom is -0.352 e. The molecular formula is C36H54I2OS. The Morgan fingerprint density at radius 1 is 0.825 bits per heavy atom. The first-order valence-corrected chi connectivity index (χ1v) is 19.7. The minimum absolute atomic E-state index is 0.0674. The molecule has 0 aromatic heterocycles. The van der Waals surface area contributed by atoms with Crippen molar-refractivity contribution in [3.8, 4) is 0 Å². The maximum atomic E-state index is 7.20. The Bertz CT molecular complexity index is 950. The van der Waals surface area contributed by atoms with Crippen molar-refractivity contribution in [3.05, 3.63) is 47.1 Å². The highest BCUT2D eigenvalue weighted by atomic mass is 127. The van der Waals surface area contributed by atoms with Crippen LogP contribution in [0.15, 0.2) is 47.1 Å². The summed E-state index contributed by atoms with van der Waals surface area (Å²) in [5.74, 6) is 1.78. The smallest absolute Gasteiger partial charge is 0.123 e. The Morgan fingerprint density at radius 3 is 2.02 bits per heavy atom. The summed E-state index contributed by atoms with van der Waals surface area (Å²) in [5.41, 5.74) is 4.51. The van der Waals surface area contributed by atoms with Crippen molar-refractivity contribution in [2.45, 2.75) is 154 Å². The van der Waals surface area contributed by atoms with E-state index in [1.165, 1.54) is 121 Å². The summed E-state index contributed by atoms with van der Waals surface area (Å²) in [6, 6.07) is 0. The SMILES string of the molecule is CC1=C(C2([C@H]3CC=CC[C@H]3I)OC(S)C3=CC=CC[C@H]32)CCC(C2(I)CCCCCCCCCCCCCC2)C1. The van der Waals surface area contributed by atoms with Gasteiger partial charge in [-0.15, -0.1) is 12.6 Å². The lowest BCUT2D eigenvalue weighted by Crippen LogP contribution is -2.51. The van der Waals surface area contributed by atoms with Gasteiger partial charge in [0.15, 0.2) is 0 Å². The molecule has 5 rings (SSSR count). The van der Waals surface area contributed by atoms with Gasteiger partial charge in [0.1, 0.15) is 11.0 Å². The summed E-state index contributed by atoms with van der Waals surface area (Å²) < 4.78 is 8.28. The quantitative estimate of drug-likeness (QED) is 0.130. The van der Waals surface area contributed by atoms with Crippen molar-refractivity contribution in [2.24, 2.45) is 17.8 Å². The van der Waals surface area contributed by atoms with Gasteiger partial charge in [0, 0.05) is 19.2 Å². The molecule has 40 heavy (non-hydrogen) atoms. The van der Waals surface area contributed by atoms with Crippen molar-refractivity contribution in [3.63, 3.8) is 0 Å². The first-order chi connectivity index (χ1) is 19.5. The monoisotopic (exact) mass is 788 g/mol. The number of ether oxygens (including phenoxy) is 1. The van der Waals surface area contributed by atoms with E-state index in [1.54, 1.807) is 11.1 Å². The van der Waals surface area contributed by atoms with Gasteiger partial charge in [0.25, 0.3) is 0 Å². The predicted octanol–water partition coefficient (Wildman–Crippen LogP) is 12.0. The molecular weight excluding hydrogens is 734 g/mol. The number of halogens is 2. The van der Waals surface area contributed by atoms with Crippen molar-refractivity contribution in [1.82, 2.24) is 0 Å². The van der Waals surface area contributed by atoms with Crippen molar-refractivity contribution < 1.29 is 4.74 Å². The fourth-order valence-corrected chi connectivity index (χ4v) is 11.8. The molecule has 2 fully saturated rings. The molecule has 224 valence electrons. The summed E-state index contributed by atoms with van der Waals surface area (Å²) >= 11 is 10.8. The minimum atomic E-state index is -0.186. The summed E-state index contributed by atoms with van der Waals surface area (Å²) in [4.78, 5) is 0. The maximum absolute atomic E-state index is 7.20. The van der Waals surface area contributed by atoms with Gasteiger partial charge in [-0.05, 0) is 75.4 Å². The van der Waals surface area contributed by atoms with Gasteiger partial charge in [-0.3, -0.25) is 0 Å². The molecule has 1 nitrogen and oxygen atoms in total. The van der Waals surface area contributed by atoms with E-state index in [0.717, 1.165) is 18.8 Å². The third kappa shape index (κ3) is 7.16. The summed E-state index contributed by atoms with van der Waals surface area (Å²) in [7, 11) is 0. The van der Waals surface area contributed by atoms with Crippen LogP contribution < -0.4 is 0 Å². The number of allylic oxidation sites excluding steroid dienone is 6. The lowest BCUT2D eigenvalue weighted by molar-refractivity contribution is -0.0513. The van der Waals surface area contributed by atoms with Crippen LogP contribution in [0.25, 0.3) is 0 Å². The van der Waals surface area contributed by atoms with Crippen molar-refractivity contribution >= 4 is 57.8 Å². The highest BCUT2D eigenvalue weighted by molar-refractivity contribution is 14.1. The molecule has 6 atom stereocenters. The van der Waals surface area contributed by atoms with E-state index in [1.807, 2.05) is 0 Å². The largest absolute Gasteiger partial charge is 0.352 e. The maximum Gasteiger partial charge on any atom is 0.123 e. The molecule has 1 aliphatic heterocycles. The summed E-state index contributed by atoms with van der Waals surface area (Å²) in [6.45, 7) is 2.49. The molecule has 0 bridgehead atoms. The number of alkyl halides is 2. The second kappa shape index (κ2) is 15.1. The summed E-state index contributed by atoms with van der Waals surface area (Å²) in [6.07, 6.45) is 39.3. The van der Waals surface area contributed by atoms with E-state index in [4.69, 9.17) is 17.4 Å². The van der Waals surface area contributed by atoms with E-state index in [0.29, 0.717) is 19.2 Å². The molecule has 5 aliphatic rings. The molecule has 3 unspecified atom stereocenters. The highest BCUT2D eigenvalue weighted by Crippen LogP contribution is 2.60. The van der Waals surface area contributed by atoms with E-state index in [-0.39, 0.29) is 11.0 Å². The zero-order valence-electron chi connectivity index (χ0n) is 25.0. The van der Waals surface area contributed by atoms with Crippen LogP contribution in [0.1, 0.15) is 135 Å². The molecule has 1 saturated carbocycles. The molecule has 0 radical (unpaired) electrons. The molecule has 1 heterocycles. The van der Waals surface area contributed by atoms with E-state index in [9.17, 15) is 0 Å². The van der Waals surface area contributed by atoms with Gasteiger partial charge in [-0.25, -0.2) is 0 Å². The Labute approximate surface area is 279 Å². The van der Waals surface area contributed by atoms with Crippen LogP contribution in [0.3, 0.4) is 0 Å². The fraction of sp³-hybridized carbons (Fsp3) is 0.778. The van der Waals surface area contributed by atoms with Crippen LogP contribution >= 0.6 is 57.8 Å². The second-order valence-corrected chi connectivity index (χ2v) is 17.9. The van der Waals surface area contributed by atoms with E-state index >= 15 is 0 Å². The molecule has 0 aromatic carbocycles. The van der Waals surface area contributed by atoms with Crippen LogP contribution in [0.5, 0.6) is 0 Å². The Morgan fingerprint density at radius 2 is 1.43 bits per heavy atom. The normalized spacial score (nSPS) is 38.3. The van der Waals surface area contributed by atoms with Gasteiger partial charge in [0.05, 0.1) is 0 Å². The highest BCUT2D eigenvalue weighted by Gasteiger charge is 2.59. The fourth-order valence-electron chi connectivity index (χ4n) is 8.97. The molecule has 4 aliphatic carbocycles. The second-order valence-electron chi connectivity index (χ2n) is 13.7. The zero-order chi connectivity index (χ0) is 28.0. The number of hydrogen-bond donors (Lipinski definition) is 1. The van der Waals surface area contributed by atoms with E-state index in [2.05, 4.69) is 82.5 Å². The topological polar surface area (TPSA) is 9.23 Å². The first kappa shape index (κ1) is 32.1. The van der Waals surface area contributed by atoms with Gasteiger partial charge in [-0.2, -0.15) is 0 Å². The van der Waals surface area contributed by atoms with Crippen LogP contribution in [-0.4, -0.2) is 18.4 Å². The van der Waals surface area contributed by atoms with E-state index < -0.39 is 0 Å². The number of thiol groups is 1. The number of rotatable bonds is 3. The Hall–Kier alpha value is 0.730. The molecule has 0 N–H and O–H groups in total. The third-order valence-corrected chi connectivity index (χ3v) is 14.9. The van der Waals surface area contributed by atoms with Gasteiger partial charge in [-0.1, -0.05) is 158 Å². The molecule has 1 saturated heterocycles. The predicted molar refractivity (Wildman–Crippen MR) is 193 cm³/mol. The molecule has 0 aromatic rings. The summed E-state index contributed by atoms with van der Waals surface area (Å²) in [5, 5.41) is 0. The van der Waals surface area contributed by atoms with Crippen LogP contribution in [0.4, 0.5) is 0 Å².